The summed E-state index contributed by atoms with van der Waals surface area (Å²) in [4.78, 5) is 24.4. The molecule has 25 heavy (non-hydrogen) atoms. The molecule has 8 heteroatoms. The maximum Gasteiger partial charge on any atom is 0.251 e. The second kappa shape index (κ2) is 7.25. The number of morpholine rings is 1. The maximum atomic E-state index is 12.7. The van der Waals surface area contributed by atoms with Crippen molar-refractivity contribution in [2.75, 3.05) is 6.61 Å². The lowest BCUT2D eigenvalue weighted by Gasteiger charge is -2.32. The van der Waals surface area contributed by atoms with Gasteiger partial charge in [0.25, 0.3) is 5.91 Å². The molecule has 0 saturated carbocycles. The predicted molar refractivity (Wildman–Crippen MR) is 92.0 cm³/mol. The molecule has 0 radical (unpaired) electrons. The van der Waals surface area contributed by atoms with Gasteiger partial charge in [0.1, 0.15) is 6.61 Å². The molecule has 3 rings (SSSR count). The van der Waals surface area contributed by atoms with E-state index in [1.54, 1.807) is 24.3 Å². The van der Waals surface area contributed by atoms with Gasteiger partial charge in [0.15, 0.2) is 6.10 Å². The fraction of sp³-hybridized carbons (Fsp3) is 0.353. The number of H-pyrrole nitrogens is 1. The van der Waals surface area contributed by atoms with Gasteiger partial charge in [-0.1, -0.05) is 29.8 Å². The van der Waals surface area contributed by atoms with Crippen LogP contribution in [0.15, 0.2) is 24.3 Å². The van der Waals surface area contributed by atoms with E-state index in [4.69, 9.17) is 16.3 Å². The fourth-order valence-electron chi connectivity index (χ4n) is 2.86. The molecule has 1 aliphatic rings. The van der Waals surface area contributed by atoms with Gasteiger partial charge in [0.05, 0.1) is 11.7 Å². The highest BCUT2D eigenvalue weighted by atomic mass is 35.5. The van der Waals surface area contributed by atoms with E-state index in [1.807, 2.05) is 13.8 Å². The zero-order valence-electron chi connectivity index (χ0n) is 13.9. The third-order valence-corrected chi connectivity index (χ3v) is 4.58. The molecule has 1 fully saturated rings. The van der Waals surface area contributed by atoms with Crippen LogP contribution in [0.5, 0.6) is 0 Å². The number of aryl methyl sites for hydroxylation is 2. The number of rotatable bonds is 4. The van der Waals surface area contributed by atoms with E-state index in [0.29, 0.717) is 17.1 Å². The number of ether oxygens (including phenoxy) is 1. The van der Waals surface area contributed by atoms with Crippen molar-refractivity contribution in [3.8, 4) is 0 Å². The molecule has 0 spiro atoms. The molecule has 2 atom stereocenters. The Morgan fingerprint density at radius 1 is 1.40 bits per heavy atom. The Labute approximate surface area is 150 Å². The van der Waals surface area contributed by atoms with Crippen LogP contribution in [0.3, 0.4) is 0 Å². The molecule has 0 unspecified atom stereocenters. The molecule has 1 saturated heterocycles. The molecule has 2 amide bonds. The number of carbonyl (C=O) groups excluding carboxylic acids is 2. The Bertz CT molecular complexity index is 785. The van der Waals surface area contributed by atoms with Crippen molar-refractivity contribution in [1.29, 1.82) is 0 Å². The summed E-state index contributed by atoms with van der Waals surface area (Å²) in [6.45, 7) is 3.93. The summed E-state index contributed by atoms with van der Waals surface area (Å²) in [5.41, 5.74) is 3.31. The first-order valence-corrected chi connectivity index (χ1v) is 8.28. The van der Waals surface area contributed by atoms with Crippen LogP contribution in [0, 0.1) is 13.8 Å². The second-order valence-electron chi connectivity index (χ2n) is 5.93. The topological polar surface area (TPSA) is 96.1 Å². The molecule has 2 heterocycles. The zero-order valence-corrected chi connectivity index (χ0v) is 14.7. The summed E-state index contributed by atoms with van der Waals surface area (Å²) >= 11 is 6.22. The van der Waals surface area contributed by atoms with E-state index >= 15 is 0 Å². The Morgan fingerprint density at radius 2 is 2.16 bits per heavy atom. The Hall–Kier alpha value is -2.38. The van der Waals surface area contributed by atoms with Crippen molar-refractivity contribution in [2.45, 2.75) is 32.5 Å². The van der Waals surface area contributed by atoms with Gasteiger partial charge in [0.2, 0.25) is 5.91 Å². The van der Waals surface area contributed by atoms with Crippen molar-refractivity contribution < 1.29 is 14.3 Å². The summed E-state index contributed by atoms with van der Waals surface area (Å²) in [5, 5.41) is 13.1. The molecule has 1 aliphatic heterocycles. The minimum atomic E-state index is -0.856. The summed E-state index contributed by atoms with van der Waals surface area (Å²) in [6, 6.07) is 6.44. The number of hydrogen-bond donors (Lipinski definition) is 3. The molecular weight excluding hydrogens is 344 g/mol. The monoisotopic (exact) mass is 362 g/mol. The van der Waals surface area contributed by atoms with E-state index in [-0.39, 0.29) is 18.4 Å². The number of aromatic nitrogens is 2. The van der Waals surface area contributed by atoms with Crippen molar-refractivity contribution in [3.63, 3.8) is 0 Å². The molecule has 0 aliphatic carbocycles. The minimum absolute atomic E-state index is 0.164. The average Bonchev–Trinajstić information content (AvgIpc) is 2.91. The number of halogens is 1. The van der Waals surface area contributed by atoms with Crippen LogP contribution in [-0.2, 0) is 20.9 Å². The molecule has 132 valence electrons. The van der Waals surface area contributed by atoms with Gasteiger partial charge in [-0.15, -0.1) is 0 Å². The van der Waals surface area contributed by atoms with Crippen LogP contribution >= 0.6 is 11.6 Å². The molecule has 1 aromatic heterocycles. The third kappa shape index (κ3) is 3.67. The van der Waals surface area contributed by atoms with E-state index in [1.165, 1.54) is 0 Å². The Kier molecular flexibility index (Phi) is 5.06. The SMILES string of the molecule is Cc1n[nH]c(C)c1CNC(=O)[C@H]1OCC(=O)N[C@@H]1c1ccccc1Cl. The number of aromatic amines is 1. The summed E-state index contributed by atoms with van der Waals surface area (Å²) < 4.78 is 5.50. The number of carbonyl (C=O) groups is 2. The van der Waals surface area contributed by atoms with Crippen molar-refractivity contribution >= 4 is 23.4 Å². The first kappa shape index (κ1) is 17.4. The standard InChI is InChI=1S/C17H19ClN4O3/c1-9-12(10(2)22-21-9)7-19-17(24)16-15(20-14(23)8-25-16)11-5-3-4-6-13(11)18/h3-6,15-16H,7-8H2,1-2H3,(H,19,24)(H,20,23)(H,21,22)/t15-,16+/m1/s1. The number of nitrogens with one attached hydrogen (secondary N) is 3. The van der Waals surface area contributed by atoms with Gasteiger partial charge in [-0.25, -0.2) is 0 Å². The largest absolute Gasteiger partial charge is 0.356 e. The molecular formula is C17H19ClN4O3. The first-order valence-electron chi connectivity index (χ1n) is 7.91. The van der Waals surface area contributed by atoms with Crippen LogP contribution in [0.1, 0.15) is 28.6 Å². The van der Waals surface area contributed by atoms with Gasteiger partial charge in [-0.3, -0.25) is 14.7 Å². The molecule has 1 aromatic carbocycles. The normalized spacial score (nSPS) is 20.2. The quantitative estimate of drug-likeness (QED) is 0.769. The van der Waals surface area contributed by atoms with Crippen molar-refractivity contribution in [2.24, 2.45) is 0 Å². The summed E-state index contributed by atoms with van der Waals surface area (Å²) in [5.74, 6) is -0.597. The minimum Gasteiger partial charge on any atom is -0.356 e. The second-order valence-corrected chi connectivity index (χ2v) is 6.34. The number of nitrogens with zero attached hydrogens (tertiary/aromatic N) is 1. The highest BCUT2D eigenvalue weighted by molar-refractivity contribution is 6.31. The van der Waals surface area contributed by atoms with Crippen LogP contribution in [0.4, 0.5) is 0 Å². The van der Waals surface area contributed by atoms with Crippen LogP contribution in [0.2, 0.25) is 5.02 Å². The van der Waals surface area contributed by atoms with Gasteiger partial charge in [-0.05, 0) is 25.5 Å². The smallest absolute Gasteiger partial charge is 0.251 e. The highest BCUT2D eigenvalue weighted by Gasteiger charge is 2.37. The van der Waals surface area contributed by atoms with Gasteiger partial charge >= 0.3 is 0 Å². The molecule has 0 bridgehead atoms. The van der Waals surface area contributed by atoms with Crippen molar-refractivity contribution in [3.05, 3.63) is 51.8 Å². The van der Waals surface area contributed by atoms with Crippen LogP contribution in [-0.4, -0.2) is 34.7 Å². The summed E-state index contributed by atoms with van der Waals surface area (Å²) in [7, 11) is 0. The van der Waals surface area contributed by atoms with Gasteiger partial charge in [-0.2, -0.15) is 5.10 Å². The van der Waals surface area contributed by atoms with Gasteiger partial charge < -0.3 is 15.4 Å². The zero-order chi connectivity index (χ0) is 18.0. The molecule has 2 aromatic rings. The van der Waals surface area contributed by atoms with E-state index in [9.17, 15) is 9.59 Å². The lowest BCUT2D eigenvalue weighted by Crippen LogP contribution is -2.52. The lowest BCUT2D eigenvalue weighted by molar-refractivity contribution is -0.148. The average molecular weight is 363 g/mol. The summed E-state index contributed by atoms with van der Waals surface area (Å²) in [6.07, 6.45) is -0.856. The fourth-order valence-corrected chi connectivity index (χ4v) is 3.11. The van der Waals surface area contributed by atoms with E-state index in [0.717, 1.165) is 17.0 Å². The van der Waals surface area contributed by atoms with Crippen LogP contribution < -0.4 is 10.6 Å². The maximum absolute atomic E-state index is 12.7. The van der Waals surface area contributed by atoms with Crippen molar-refractivity contribution in [1.82, 2.24) is 20.8 Å². The third-order valence-electron chi connectivity index (χ3n) is 4.23. The Morgan fingerprint density at radius 3 is 2.84 bits per heavy atom. The van der Waals surface area contributed by atoms with E-state index < -0.39 is 12.1 Å². The van der Waals surface area contributed by atoms with Crippen LogP contribution in [0.25, 0.3) is 0 Å². The highest BCUT2D eigenvalue weighted by Crippen LogP contribution is 2.28. The van der Waals surface area contributed by atoms with Gasteiger partial charge in [0, 0.05) is 22.8 Å². The van der Waals surface area contributed by atoms with E-state index in [2.05, 4.69) is 20.8 Å². The molecule has 7 nitrogen and oxygen atoms in total. The lowest BCUT2D eigenvalue weighted by atomic mass is 9.99. The Balaban J connectivity index is 1.77. The number of amides is 2. The number of benzene rings is 1. The molecule has 3 N–H and O–H groups in total. The predicted octanol–water partition coefficient (Wildman–Crippen LogP) is 1.55. The number of hydrogen-bond acceptors (Lipinski definition) is 4. The first-order chi connectivity index (χ1) is 12.0.